The molecule has 0 spiro atoms. The van der Waals surface area contributed by atoms with Crippen LogP contribution in [0, 0.1) is 13.8 Å². The van der Waals surface area contributed by atoms with Gasteiger partial charge in [-0.05, 0) is 43.9 Å². The third-order valence-corrected chi connectivity index (χ3v) is 3.00. The number of rotatable bonds is 4. The molecular weight excluding hydrogens is 200 g/mol. The van der Waals surface area contributed by atoms with Crippen molar-refractivity contribution in [2.24, 2.45) is 0 Å². The van der Waals surface area contributed by atoms with Gasteiger partial charge in [-0.2, -0.15) is 0 Å². The molecule has 0 radical (unpaired) electrons. The first-order chi connectivity index (χ1) is 7.61. The molecule has 0 amide bonds. The maximum Gasteiger partial charge on any atom is 0.313 e. The summed E-state index contributed by atoms with van der Waals surface area (Å²) in [5, 5.41) is 0. The van der Waals surface area contributed by atoms with Crippen molar-refractivity contribution in [2.45, 2.75) is 40.0 Å². The molecule has 0 fully saturated rings. The molecule has 0 aliphatic heterocycles. The average Bonchev–Trinajstić information content (AvgIpc) is 2.25. The molecule has 1 aromatic carbocycles. The summed E-state index contributed by atoms with van der Waals surface area (Å²) in [6.45, 7) is 8.43. The molecule has 16 heavy (non-hydrogen) atoms. The lowest BCUT2D eigenvalue weighted by molar-refractivity contribution is -0.145. The van der Waals surface area contributed by atoms with Gasteiger partial charge in [0.05, 0.1) is 12.5 Å². The van der Waals surface area contributed by atoms with Gasteiger partial charge in [-0.3, -0.25) is 4.79 Å². The largest absolute Gasteiger partial charge is 0.466 e. The third kappa shape index (κ3) is 2.63. The SMILES string of the molecule is CCOC(=O)C(CC)c1cccc(C)c1C. The fourth-order valence-corrected chi connectivity index (χ4v) is 1.91. The molecule has 0 aromatic heterocycles. The van der Waals surface area contributed by atoms with E-state index in [9.17, 15) is 4.79 Å². The molecule has 88 valence electrons. The minimum absolute atomic E-state index is 0.112. The first-order valence-electron chi connectivity index (χ1n) is 5.84. The molecular formula is C14H20O2. The zero-order valence-electron chi connectivity index (χ0n) is 10.5. The van der Waals surface area contributed by atoms with E-state index in [1.165, 1.54) is 11.1 Å². The van der Waals surface area contributed by atoms with Gasteiger partial charge in [0.2, 0.25) is 0 Å². The van der Waals surface area contributed by atoms with Crippen molar-refractivity contribution in [1.29, 1.82) is 0 Å². The summed E-state index contributed by atoms with van der Waals surface area (Å²) in [5.41, 5.74) is 3.52. The van der Waals surface area contributed by atoms with E-state index in [0.717, 1.165) is 12.0 Å². The zero-order chi connectivity index (χ0) is 12.1. The minimum atomic E-state index is -0.125. The smallest absolute Gasteiger partial charge is 0.313 e. The van der Waals surface area contributed by atoms with Crippen LogP contribution >= 0.6 is 0 Å². The number of hydrogen-bond acceptors (Lipinski definition) is 2. The first-order valence-corrected chi connectivity index (χ1v) is 5.84. The summed E-state index contributed by atoms with van der Waals surface area (Å²) in [4.78, 5) is 11.8. The molecule has 2 nitrogen and oxygen atoms in total. The van der Waals surface area contributed by atoms with Crippen LogP contribution in [-0.2, 0) is 9.53 Å². The Balaban J connectivity index is 3.04. The van der Waals surface area contributed by atoms with Crippen LogP contribution in [0.15, 0.2) is 18.2 Å². The van der Waals surface area contributed by atoms with Crippen LogP contribution in [0.2, 0.25) is 0 Å². The number of esters is 1. The maximum atomic E-state index is 11.8. The summed E-state index contributed by atoms with van der Waals surface area (Å²) >= 11 is 0. The molecule has 0 aliphatic carbocycles. The van der Waals surface area contributed by atoms with Crippen molar-refractivity contribution >= 4 is 5.97 Å². The van der Waals surface area contributed by atoms with Crippen molar-refractivity contribution < 1.29 is 9.53 Å². The van der Waals surface area contributed by atoms with E-state index < -0.39 is 0 Å². The number of benzene rings is 1. The molecule has 1 atom stereocenters. The Kier molecular flexibility index (Phi) is 4.53. The number of aryl methyl sites for hydroxylation is 1. The van der Waals surface area contributed by atoms with Crippen LogP contribution in [0.5, 0.6) is 0 Å². The summed E-state index contributed by atoms with van der Waals surface area (Å²) < 4.78 is 5.11. The maximum absolute atomic E-state index is 11.8. The number of ether oxygens (including phenoxy) is 1. The average molecular weight is 220 g/mol. The first kappa shape index (κ1) is 12.8. The Bertz CT molecular complexity index is 369. The van der Waals surface area contributed by atoms with Crippen LogP contribution in [0.25, 0.3) is 0 Å². The standard InChI is InChI=1S/C14H20O2/c1-5-12(14(15)16-6-2)13-9-7-8-10(3)11(13)4/h7-9,12H,5-6H2,1-4H3. The van der Waals surface area contributed by atoms with Crippen molar-refractivity contribution in [3.05, 3.63) is 34.9 Å². The molecule has 2 heteroatoms. The van der Waals surface area contributed by atoms with Crippen molar-refractivity contribution in [2.75, 3.05) is 6.61 Å². The second-order valence-corrected chi connectivity index (χ2v) is 4.00. The van der Waals surface area contributed by atoms with Crippen LogP contribution in [0.4, 0.5) is 0 Å². The van der Waals surface area contributed by atoms with Gasteiger partial charge in [-0.25, -0.2) is 0 Å². The number of carbonyl (C=O) groups is 1. The fraction of sp³-hybridized carbons (Fsp3) is 0.500. The predicted molar refractivity (Wildman–Crippen MR) is 65.6 cm³/mol. The molecule has 0 bridgehead atoms. The zero-order valence-corrected chi connectivity index (χ0v) is 10.5. The molecule has 0 saturated carbocycles. The Morgan fingerprint density at radius 1 is 1.31 bits per heavy atom. The van der Waals surface area contributed by atoms with Crippen LogP contribution < -0.4 is 0 Å². The Morgan fingerprint density at radius 3 is 2.56 bits per heavy atom. The summed E-state index contributed by atoms with van der Waals surface area (Å²) in [6, 6.07) is 6.09. The van der Waals surface area contributed by atoms with Gasteiger partial charge >= 0.3 is 5.97 Å². The number of carbonyl (C=O) groups excluding carboxylic acids is 1. The highest BCUT2D eigenvalue weighted by atomic mass is 16.5. The second-order valence-electron chi connectivity index (χ2n) is 4.00. The van der Waals surface area contributed by atoms with E-state index in [1.54, 1.807) is 0 Å². The Labute approximate surface area is 97.6 Å². The predicted octanol–water partition coefficient (Wildman–Crippen LogP) is 3.36. The fourth-order valence-electron chi connectivity index (χ4n) is 1.91. The third-order valence-electron chi connectivity index (χ3n) is 3.00. The topological polar surface area (TPSA) is 26.3 Å². The van der Waals surface area contributed by atoms with E-state index in [2.05, 4.69) is 19.9 Å². The monoisotopic (exact) mass is 220 g/mol. The van der Waals surface area contributed by atoms with Crippen molar-refractivity contribution in [3.8, 4) is 0 Å². The molecule has 0 saturated heterocycles. The van der Waals surface area contributed by atoms with Crippen LogP contribution in [0.3, 0.4) is 0 Å². The van der Waals surface area contributed by atoms with Gasteiger partial charge in [0.15, 0.2) is 0 Å². The lowest BCUT2D eigenvalue weighted by Gasteiger charge is -2.17. The van der Waals surface area contributed by atoms with E-state index in [1.807, 2.05) is 26.0 Å². The van der Waals surface area contributed by atoms with E-state index in [4.69, 9.17) is 4.74 Å². The van der Waals surface area contributed by atoms with E-state index >= 15 is 0 Å². The minimum Gasteiger partial charge on any atom is -0.466 e. The summed E-state index contributed by atoms with van der Waals surface area (Å²) in [5.74, 6) is -0.237. The molecule has 1 unspecified atom stereocenters. The number of hydrogen-bond donors (Lipinski definition) is 0. The Morgan fingerprint density at radius 2 is 2.00 bits per heavy atom. The molecule has 0 aliphatic rings. The van der Waals surface area contributed by atoms with E-state index in [0.29, 0.717) is 6.61 Å². The highest BCUT2D eigenvalue weighted by Crippen LogP contribution is 2.26. The Hall–Kier alpha value is -1.31. The quantitative estimate of drug-likeness (QED) is 0.727. The summed E-state index contributed by atoms with van der Waals surface area (Å²) in [7, 11) is 0. The van der Waals surface area contributed by atoms with Crippen molar-refractivity contribution in [3.63, 3.8) is 0 Å². The van der Waals surface area contributed by atoms with Gasteiger partial charge < -0.3 is 4.74 Å². The highest BCUT2D eigenvalue weighted by Gasteiger charge is 2.21. The lowest BCUT2D eigenvalue weighted by Crippen LogP contribution is -2.16. The van der Waals surface area contributed by atoms with Gasteiger partial charge in [0.1, 0.15) is 0 Å². The molecule has 0 N–H and O–H groups in total. The molecule has 1 rings (SSSR count). The van der Waals surface area contributed by atoms with Crippen LogP contribution in [0.1, 0.15) is 42.9 Å². The molecule has 1 aromatic rings. The van der Waals surface area contributed by atoms with Gasteiger partial charge in [-0.15, -0.1) is 0 Å². The van der Waals surface area contributed by atoms with E-state index in [-0.39, 0.29) is 11.9 Å². The second kappa shape index (κ2) is 5.69. The molecule has 0 heterocycles. The van der Waals surface area contributed by atoms with Gasteiger partial charge in [0, 0.05) is 0 Å². The highest BCUT2D eigenvalue weighted by molar-refractivity contribution is 5.78. The van der Waals surface area contributed by atoms with Gasteiger partial charge in [0.25, 0.3) is 0 Å². The normalized spacial score (nSPS) is 12.2. The summed E-state index contributed by atoms with van der Waals surface area (Å²) in [6.07, 6.45) is 0.781. The van der Waals surface area contributed by atoms with Crippen molar-refractivity contribution in [1.82, 2.24) is 0 Å². The lowest BCUT2D eigenvalue weighted by atomic mass is 9.90. The van der Waals surface area contributed by atoms with Gasteiger partial charge in [-0.1, -0.05) is 25.1 Å². The van der Waals surface area contributed by atoms with Crippen LogP contribution in [-0.4, -0.2) is 12.6 Å².